The zero-order valence-corrected chi connectivity index (χ0v) is 11.4. The maximum absolute atomic E-state index is 10.5. The van der Waals surface area contributed by atoms with Crippen LogP contribution in [0.4, 0.5) is 5.69 Å². The highest BCUT2D eigenvalue weighted by Gasteiger charge is 2.09. The molecule has 0 saturated heterocycles. The summed E-state index contributed by atoms with van der Waals surface area (Å²) >= 11 is 0. The fourth-order valence-corrected chi connectivity index (χ4v) is 1.75. The molecule has 1 atom stereocenters. The highest BCUT2D eigenvalue weighted by Crippen LogP contribution is 2.20. The van der Waals surface area contributed by atoms with Gasteiger partial charge in [0.25, 0.3) is 5.69 Å². The Morgan fingerprint density at radius 2 is 1.76 bits per heavy atom. The predicted octanol–water partition coefficient (Wildman–Crippen LogP) is 2.81. The first kappa shape index (κ1) is 15.0. The molecule has 1 N–H and O–H groups in total. The summed E-state index contributed by atoms with van der Waals surface area (Å²) in [6, 6.07) is 12.9. The van der Waals surface area contributed by atoms with E-state index < -0.39 is 11.2 Å². The van der Waals surface area contributed by atoms with Crippen molar-refractivity contribution in [1.29, 1.82) is 0 Å². The van der Waals surface area contributed by atoms with Crippen LogP contribution in [0.15, 0.2) is 48.5 Å². The standard InChI is InChI=1S/C15H15NO5/c1-20-14-8-4-12(5-9-14)15(17)21-10-11-2-6-13(7-3-11)16(18)19/h2-9,15,17H,10H2,1H3. The number of ether oxygens (including phenoxy) is 2. The minimum atomic E-state index is -1.06. The van der Waals surface area contributed by atoms with E-state index in [1.54, 1.807) is 43.5 Å². The van der Waals surface area contributed by atoms with Crippen LogP contribution in [0.2, 0.25) is 0 Å². The van der Waals surface area contributed by atoms with Gasteiger partial charge in [0.05, 0.1) is 18.6 Å². The highest BCUT2D eigenvalue weighted by molar-refractivity contribution is 5.32. The van der Waals surface area contributed by atoms with E-state index >= 15 is 0 Å². The first-order chi connectivity index (χ1) is 10.1. The zero-order chi connectivity index (χ0) is 15.2. The molecule has 0 aliphatic rings. The van der Waals surface area contributed by atoms with Crippen molar-refractivity contribution >= 4 is 5.69 Å². The molecule has 0 saturated carbocycles. The molecule has 0 bridgehead atoms. The molecule has 0 spiro atoms. The van der Waals surface area contributed by atoms with Gasteiger partial charge in [0.1, 0.15) is 5.75 Å². The summed E-state index contributed by atoms with van der Waals surface area (Å²) in [5, 5.41) is 20.5. The molecule has 0 fully saturated rings. The summed E-state index contributed by atoms with van der Waals surface area (Å²) in [7, 11) is 1.57. The Morgan fingerprint density at radius 3 is 2.29 bits per heavy atom. The van der Waals surface area contributed by atoms with Crippen molar-refractivity contribution in [2.75, 3.05) is 7.11 Å². The van der Waals surface area contributed by atoms with Crippen molar-refractivity contribution in [2.45, 2.75) is 12.9 Å². The average Bonchev–Trinajstić information content (AvgIpc) is 2.53. The molecule has 0 radical (unpaired) electrons. The number of hydrogen-bond donors (Lipinski definition) is 1. The lowest BCUT2D eigenvalue weighted by Crippen LogP contribution is -2.03. The quantitative estimate of drug-likeness (QED) is 0.502. The number of non-ortho nitro benzene ring substituents is 1. The largest absolute Gasteiger partial charge is 0.497 e. The van der Waals surface area contributed by atoms with E-state index in [2.05, 4.69) is 0 Å². The van der Waals surface area contributed by atoms with Gasteiger partial charge in [-0.25, -0.2) is 0 Å². The lowest BCUT2D eigenvalue weighted by molar-refractivity contribution is -0.384. The van der Waals surface area contributed by atoms with Crippen molar-refractivity contribution < 1.29 is 19.5 Å². The van der Waals surface area contributed by atoms with Crippen molar-refractivity contribution in [2.24, 2.45) is 0 Å². The number of rotatable bonds is 6. The Balaban J connectivity index is 1.93. The van der Waals surface area contributed by atoms with Crippen LogP contribution in [0.25, 0.3) is 0 Å². The number of nitro benzene ring substituents is 1. The minimum absolute atomic E-state index is 0.0226. The highest BCUT2D eigenvalue weighted by atomic mass is 16.6. The molecule has 0 aromatic heterocycles. The van der Waals surface area contributed by atoms with Gasteiger partial charge in [0, 0.05) is 17.7 Å². The number of methoxy groups -OCH3 is 1. The van der Waals surface area contributed by atoms with Crippen molar-refractivity contribution in [3.05, 3.63) is 69.8 Å². The SMILES string of the molecule is COc1ccc(C(O)OCc2ccc([N+](=O)[O-])cc2)cc1. The number of hydrogen-bond acceptors (Lipinski definition) is 5. The minimum Gasteiger partial charge on any atom is -0.497 e. The molecule has 0 heterocycles. The summed E-state index contributed by atoms with van der Waals surface area (Å²) < 4.78 is 10.4. The van der Waals surface area contributed by atoms with Gasteiger partial charge < -0.3 is 14.6 Å². The summed E-state index contributed by atoms with van der Waals surface area (Å²) in [5.41, 5.74) is 1.38. The molecule has 6 heteroatoms. The molecular formula is C15H15NO5. The fraction of sp³-hybridized carbons (Fsp3) is 0.200. The Morgan fingerprint density at radius 1 is 1.14 bits per heavy atom. The van der Waals surface area contributed by atoms with Crippen LogP contribution >= 0.6 is 0 Å². The van der Waals surface area contributed by atoms with Crippen LogP contribution in [-0.2, 0) is 11.3 Å². The lowest BCUT2D eigenvalue weighted by Gasteiger charge is -2.12. The zero-order valence-electron chi connectivity index (χ0n) is 11.4. The Hall–Kier alpha value is -2.44. The van der Waals surface area contributed by atoms with E-state index in [9.17, 15) is 15.2 Å². The molecule has 2 aromatic carbocycles. The van der Waals surface area contributed by atoms with Crippen LogP contribution in [0, 0.1) is 10.1 Å². The summed E-state index contributed by atoms with van der Waals surface area (Å²) in [5.74, 6) is 0.696. The number of aliphatic hydroxyl groups excluding tert-OH is 1. The Kier molecular flexibility index (Phi) is 4.86. The van der Waals surface area contributed by atoms with Gasteiger partial charge in [-0.3, -0.25) is 10.1 Å². The van der Waals surface area contributed by atoms with E-state index in [1.165, 1.54) is 12.1 Å². The molecule has 2 aromatic rings. The molecule has 21 heavy (non-hydrogen) atoms. The maximum atomic E-state index is 10.5. The molecule has 1 unspecified atom stereocenters. The van der Waals surface area contributed by atoms with Crippen LogP contribution < -0.4 is 4.74 Å². The average molecular weight is 289 g/mol. The second-order valence-electron chi connectivity index (χ2n) is 4.36. The third kappa shape index (κ3) is 4.01. The van der Waals surface area contributed by atoms with Gasteiger partial charge in [-0.1, -0.05) is 12.1 Å². The molecule has 0 aliphatic carbocycles. The molecular weight excluding hydrogens is 274 g/mol. The van der Waals surface area contributed by atoms with E-state index in [1.807, 2.05) is 0 Å². The summed E-state index contributed by atoms with van der Waals surface area (Å²) in [6.07, 6.45) is -1.06. The van der Waals surface area contributed by atoms with Crippen LogP contribution in [-0.4, -0.2) is 17.1 Å². The molecule has 0 amide bonds. The van der Waals surface area contributed by atoms with Crippen LogP contribution in [0.5, 0.6) is 5.75 Å². The van der Waals surface area contributed by atoms with Crippen molar-refractivity contribution in [3.8, 4) is 5.75 Å². The van der Waals surface area contributed by atoms with Gasteiger partial charge >= 0.3 is 0 Å². The second-order valence-corrected chi connectivity index (χ2v) is 4.36. The summed E-state index contributed by atoms with van der Waals surface area (Å²) in [6.45, 7) is 0.158. The number of nitrogens with zero attached hydrogens (tertiary/aromatic N) is 1. The van der Waals surface area contributed by atoms with Crippen molar-refractivity contribution in [3.63, 3.8) is 0 Å². The second kappa shape index (κ2) is 6.83. The topological polar surface area (TPSA) is 81.8 Å². The first-order valence-electron chi connectivity index (χ1n) is 6.27. The smallest absolute Gasteiger partial charge is 0.269 e. The molecule has 0 aliphatic heterocycles. The fourth-order valence-electron chi connectivity index (χ4n) is 1.75. The number of nitro groups is 1. The van der Waals surface area contributed by atoms with E-state index in [0.29, 0.717) is 11.3 Å². The molecule has 2 rings (SSSR count). The van der Waals surface area contributed by atoms with E-state index in [-0.39, 0.29) is 12.3 Å². The first-order valence-corrected chi connectivity index (χ1v) is 6.27. The van der Waals surface area contributed by atoms with Gasteiger partial charge in [-0.15, -0.1) is 0 Å². The Labute approximate surface area is 121 Å². The van der Waals surface area contributed by atoms with Gasteiger partial charge in [0.15, 0.2) is 6.29 Å². The van der Waals surface area contributed by atoms with Gasteiger partial charge in [-0.2, -0.15) is 0 Å². The van der Waals surface area contributed by atoms with E-state index in [0.717, 1.165) is 5.56 Å². The van der Waals surface area contributed by atoms with E-state index in [4.69, 9.17) is 9.47 Å². The van der Waals surface area contributed by atoms with Crippen LogP contribution in [0.1, 0.15) is 17.4 Å². The Bertz CT molecular complexity index is 594. The molecule has 6 nitrogen and oxygen atoms in total. The number of aliphatic hydroxyl groups is 1. The monoisotopic (exact) mass is 289 g/mol. The lowest BCUT2D eigenvalue weighted by atomic mass is 10.2. The molecule has 110 valence electrons. The van der Waals surface area contributed by atoms with Gasteiger partial charge in [-0.05, 0) is 29.8 Å². The maximum Gasteiger partial charge on any atom is 0.269 e. The predicted molar refractivity (Wildman–Crippen MR) is 75.8 cm³/mol. The van der Waals surface area contributed by atoms with Crippen molar-refractivity contribution in [1.82, 2.24) is 0 Å². The third-order valence-electron chi connectivity index (χ3n) is 2.96. The normalized spacial score (nSPS) is 11.9. The third-order valence-corrected chi connectivity index (χ3v) is 2.96. The summed E-state index contributed by atoms with van der Waals surface area (Å²) in [4.78, 5) is 10.1. The van der Waals surface area contributed by atoms with Crippen LogP contribution in [0.3, 0.4) is 0 Å². The van der Waals surface area contributed by atoms with Gasteiger partial charge in [0.2, 0.25) is 0 Å². The number of benzene rings is 2.